The maximum atomic E-state index is 10.7. The zero-order valence-corrected chi connectivity index (χ0v) is 9.89. The molecule has 4 atom stereocenters. The lowest BCUT2D eigenvalue weighted by molar-refractivity contribution is -0.255. The number of carbonyl (C=O) groups is 1. The van der Waals surface area contributed by atoms with Crippen molar-refractivity contribution < 1.29 is 30.0 Å². The van der Waals surface area contributed by atoms with Crippen LogP contribution in [0.3, 0.4) is 0 Å². The molecular formula is C12H14NO6-. The third-order valence-electron chi connectivity index (χ3n) is 2.91. The molecule has 104 valence electrons. The summed E-state index contributed by atoms with van der Waals surface area (Å²) in [7, 11) is 0. The van der Waals surface area contributed by atoms with E-state index in [-0.39, 0.29) is 12.2 Å². The Balaban J connectivity index is 2.09. The SMILES string of the molecule is O=C([O-])c1cccc(N[C@@H]2OC[C@H](O)[C@H](O)[C@@H]2O)c1. The van der Waals surface area contributed by atoms with E-state index in [9.17, 15) is 25.2 Å². The highest BCUT2D eigenvalue weighted by atomic mass is 16.5. The molecule has 1 aliphatic heterocycles. The van der Waals surface area contributed by atoms with Crippen molar-refractivity contribution in [2.75, 3.05) is 11.9 Å². The van der Waals surface area contributed by atoms with Gasteiger partial charge in [0, 0.05) is 5.69 Å². The minimum atomic E-state index is -1.32. The largest absolute Gasteiger partial charge is 0.545 e. The zero-order chi connectivity index (χ0) is 14.0. The van der Waals surface area contributed by atoms with E-state index < -0.39 is 30.5 Å². The third-order valence-corrected chi connectivity index (χ3v) is 2.91. The number of rotatable bonds is 3. The van der Waals surface area contributed by atoms with Gasteiger partial charge in [-0.2, -0.15) is 0 Å². The molecule has 4 N–H and O–H groups in total. The van der Waals surface area contributed by atoms with Crippen LogP contribution in [0, 0.1) is 0 Å². The van der Waals surface area contributed by atoms with Gasteiger partial charge in [0.15, 0.2) is 6.23 Å². The van der Waals surface area contributed by atoms with Gasteiger partial charge in [0.05, 0.1) is 12.6 Å². The van der Waals surface area contributed by atoms with E-state index in [0.717, 1.165) is 0 Å². The van der Waals surface area contributed by atoms with Gasteiger partial charge in [-0.15, -0.1) is 0 Å². The quantitative estimate of drug-likeness (QED) is 0.495. The van der Waals surface area contributed by atoms with Crippen LogP contribution in [0.4, 0.5) is 5.69 Å². The number of nitrogens with one attached hydrogen (secondary N) is 1. The fourth-order valence-electron chi connectivity index (χ4n) is 1.83. The summed E-state index contributed by atoms with van der Waals surface area (Å²) in [5, 5.41) is 42.0. The van der Waals surface area contributed by atoms with Crippen molar-refractivity contribution >= 4 is 11.7 Å². The molecule has 0 unspecified atom stereocenters. The minimum absolute atomic E-state index is 0.0177. The molecule has 1 aromatic rings. The second-order valence-corrected chi connectivity index (χ2v) is 4.32. The van der Waals surface area contributed by atoms with Gasteiger partial charge in [-0.25, -0.2) is 0 Å². The van der Waals surface area contributed by atoms with Gasteiger partial charge in [0.1, 0.15) is 18.3 Å². The van der Waals surface area contributed by atoms with Crippen LogP contribution in [-0.4, -0.2) is 52.4 Å². The predicted molar refractivity (Wildman–Crippen MR) is 62.2 cm³/mol. The molecule has 0 saturated carbocycles. The van der Waals surface area contributed by atoms with Crippen LogP contribution in [0.25, 0.3) is 0 Å². The summed E-state index contributed by atoms with van der Waals surface area (Å²) >= 11 is 0. The Morgan fingerprint density at radius 3 is 2.74 bits per heavy atom. The number of hydrogen-bond acceptors (Lipinski definition) is 7. The number of benzene rings is 1. The fraction of sp³-hybridized carbons (Fsp3) is 0.417. The van der Waals surface area contributed by atoms with E-state index in [1.807, 2.05) is 0 Å². The number of aliphatic hydroxyl groups excluding tert-OH is 3. The van der Waals surface area contributed by atoms with Crippen molar-refractivity contribution in [3.05, 3.63) is 29.8 Å². The highest BCUT2D eigenvalue weighted by Gasteiger charge is 2.37. The molecule has 7 nitrogen and oxygen atoms in total. The first-order valence-electron chi connectivity index (χ1n) is 5.73. The number of hydrogen-bond donors (Lipinski definition) is 4. The topological polar surface area (TPSA) is 122 Å². The molecular weight excluding hydrogens is 254 g/mol. The van der Waals surface area contributed by atoms with Gasteiger partial charge in [-0.1, -0.05) is 12.1 Å². The number of carboxylic acids is 1. The molecule has 0 amide bonds. The Labute approximate surface area is 109 Å². The number of carbonyl (C=O) groups excluding carboxylic acids is 1. The molecule has 2 rings (SSSR count). The monoisotopic (exact) mass is 268 g/mol. The molecule has 1 aliphatic rings. The zero-order valence-electron chi connectivity index (χ0n) is 9.89. The van der Waals surface area contributed by atoms with Gasteiger partial charge >= 0.3 is 0 Å². The first-order chi connectivity index (χ1) is 8.99. The van der Waals surface area contributed by atoms with Crippen LogP contribution in [0.1, 0.15) is 10.4 Å². The van der Waals surface area contributed by atoms with Crippen molar-refractivity contribution in [1.82, 2.24) is 0 Å². The molecule has 0 aromatic heterocycles. The lowest BCUT2D eigenvalue weighted by atomic mass is 10.0. The average Bonchev–Trinajstić information content (AvgIpc) is 2.40. The van der Waals surface area contributed by atoms with Gasteiger partial charge in [-0.3, -0.25) is 0 Å². The first-order valence-corrected chi connectivity index (χ1v) is 5.73. The van der Waals surface area contributed by atoms with E-state index >= 15 is 0 Å². The number of anilines is 1. The van der Waals surface area contributed by atoms with E-state index in [1.54, 1.807) is 6.07 Å². The summed E-state index contributed by atoms with van der Waals surface area (Å²) in [4.78, 5) is 10.7. The summed E-state index contributed by atoms with van der Waals surface area (Å²) in [5.74, 6) is -1.32. The van der Waals surface area contributed by atoms with E-state index in [0.29, 0.717) is 5.69 Å². The minimum Gasteiger partial charge on any atom is -0.545 e. The summed E-state index contributed by atoms with van der Waals surface area (Å²) in [6, 6.07) is 5.79. The van der Waals surface area contributed by atoms with Gasteiger partial charge in [0.2, 0.25) is 0 Å². The number of aromatic carboxylic acids is 1. The molecule has 0 aliphatic carbocycles. The Bertz CT molecular complexity index is 465. The average molecular weight is 268 g/mol. The smallest absolute Gasteiger partial charge is 0.156 e. The van der Waals surface area contributed by atoms with Crippen molar-refractivity contribution in [2.45, 2.75) is 24.5 Å². The van der Waals surface area contributed by atoms with Crippen LogP contribution in [0.5, 0.6) is 0 Å². The van der Waals surface area contributed by atoms with Crippen LogP contribution in [0.15, 0.2) is 24.3 Å². The van der Waals surface area contributed by atoms with Gasteiger partial charge < -0.3 is 35.3 Å². The molecule has 0 spiro atoms. The molecule has 1 heterocycles. The highest BCUT2D eigenvalue weighted by Crippen LogP contribution is 2.19. The second kappa shape index (κ2) is 5.54. The van der Waals surface area contributed by atoms with E-state index in [1.165, 1.54) is 18.2 Å². The van der Waals surface area contributed by atoms with Crippen LogP contribution in [-0.2, 0) is 4.74 Å². The van der Waals surface area contributed by atoms with Crippen molar-refractivity contribution in [3.63, 3.8) is 0 Å². The number of ether oxygens (including phenoxy) is 1. The summed E-state index contributed by atoms with van der Waals surface area (Å²) < 4.78 is 5.14. The fourth-order valence-corrected chi connectivity index (χ4v) is 1.83. The van der Waals surface area contributed by atoms with E-state index in [4.69, 9.17) is 4.74 Å². The van der Waals surface area contributed by atoms with Gasteiger partial charge in [0.25, 0.3) is 0 Å². The normalized spacial score (nSPS) is 30.9. The molecule has 7 heteroatoms. The summed E-state index contributed by atoms with van der Waals surface area (Å²) in [6.07, 6.45) is -4.73. The van der Waals surface area contributed by atoms with Crippen molar-refractivity contribution in [2.24, 2.45) is 0 Å². The molecule has 0 radical (unpaired) electrons. The molecule has 1 fully saturated rings. The Hall–Kier alpha value is -1.67. The van der Waals surface area contributed by atoms with Crippen LogP contribution >= 0.6 is 0 Å². The molecule has 0 bridgehead atoms. The summed E-state index contributed by atoms with van der Waals surface area (Å²) in [5.41, 5.74) is 0.380. The maximum absolute atomic E-state index is 10.7. The predicted octanol–water partition coefficient (Wildman–Crippen LogP) is -2.10. The third kappa shape index (κ3) is 3.02. The first kappa shape index (κ1) is 13.8. The molecule has 1 aromatic carbocycles. The molecule has 1 saturated heterocycles. The van der Waals surface area contributed by atoms with E-state index in [2.05, 4.69) is 5.32 Å². The Kier molecular flexibility index (Phi) is 4.01. The summed E-state index contributed by atoms with van der Waals surface area (Å²) in [6.45, 7) is -0.129. The maximum Gasteiger partial charge on any atom is 0.156 e. The number of aliphatic hydroxyl groups is 3. The number of carboxylic acid groups (broad SMARTS) is 1. The van der Waals surface area contributed by atoms with Crippen LogP contribution in [0.2, 0.25) is 0 Å². The lowest BCUT2D eigenvalue weighted by Gasteiger charge is -2.36. The second-order valence-electron chi connectivity index (χ2n) is 4.32. The molecule has 19 heavy (non-hydrogen) atoms. The van der Waals surface area contributed by atoms with Crippen molar-refractivity contribution in [3.8, 4) is 0 Å². The van der Waals surface area contributed by atoms with Crippen molar-refractivity contribution in [1.29, 1.82) is 0 Å². The standard InChI is InChI=1S/C12H15NO6/c14-8-5-19-11(10(16)9(8)15)13-7-3-1-2-6(4-7)12(17)18/h1-4,8-11,13-16H,5H2,(H,17,18)/p-1/t8-,9-,10-,11+/m0/s1. The lowest BCUT2D eigenvalue weighted by Crippen LogP contribution is -2.55. The van der Waals surface area contributed by atoms with Gasteiger partial charge in [-0.05, 0) is 17.7 Å². The Morgan fingerprint density at radius 2 is 2.05 bits per heavy atom. The van der Waals surface area contributed by atoms with Crippen LogP contribution < -0.4 is 10.4 Å². The Morgan fingerprint density at radius 1 is 1.32 bits per heavy atom. The highest BCUT2D eigenvalue weighted by molar-refractivity contribution is 5.87.